The van der Waals surface area contributed by atoms with Crippen LogP contribution in [0.4, 0.5) is 0 Å². The minimum absolute atomic E-state index is 0.00453. The van der Waals surface area contributed by atoms with Gasteiger partial charge >= 0.3 is 5.97 Å². The second-order valence-electron chi connectivity index (χ2n) is 6.45. The molecule has 2 aromatic carbocycles. The SMILES string of the molecule is COc1ccc(C(=O)N2CCC3(CC2)OC(=O)c2ccccc23)cc1. The highest BCUT2D eigenvalue weighted by molar-refractivity contribution is 5.95. The Morgan fingerprint density at radius 1 is 1.08 bits per heavy atom. The first-order valence-corrected chi connectivity index (χ1v) is 8.39. The zero-order valence-corrected chi connectivity index (χ0v) is 14.0. The van der Waals surface area contributed by atoms with Gasteiger partial charge in [0.25, 0.3) is 5.91 Å². The Kier molecular flexibility index (Phi) is 3.71. The summed E-state index contributed by atoms with van der Waals surface area (Å²) in [4.78, 5) is 26.6. The Bertz CT molecular complexity index is 820. The monoisotopic (exact) mass is 337 g/mol. The first kappa shape index (κ1) is 15.7. The Morgan fingerprint density at radius 3 is 2.44 bits per heavy atom. The van der Waals surface area contributed by atoms with Crippen molar-refractivity contribution in [1.29, 1.82) is 0 Å². The molecule has 4 rings (SSSR count). The van der Waals surface area contributed by atoms with E-state index in [0.717, 1.165) is 11.3 Å². The van der Waals surface area contributed by atoms with E-state index >= 15 is 0 Å². The highest BCUT2D eigenvalue weighted by Gasteiger charge is 2.47. The summed E-state index contributed by atoms with van der Waals surface area (Å²) in [6.07, 6.45) is 1.25. The number of carbonyl (C=O) groups excluding carboxylic acids is 2. The maximum atomic E-state index is 12.7. The van der Waals surface area contributed by atoms with Crippen LogP contribution in [0.3, 0.4) is 0 Å². The first-order chi connectivity index (χ1) is 12.1. The predicted molar refractivity (Wildman–Crippen MR) is 91.7 cm³/mol. The summed E-state index contributed by atoms with van der Waals surface area (Å²) in [6, 6.07) is 14.7. The molecule has 0 unspecified atom stereocenters. The third kappa shape index (κ3) is 2.56. The van der Waals surface area contributed by atoms with Crippen LogP contribution in [0.2, 0.25) is 0 Å². The second kappa shape index (κ2) is 5.92. The van der Waals surface area contributed by atoms with Gasteiger partial charge in [-0.25, -0.2) is 4.79 Å². The summed E-state index contributed by atoms with van der Waals surface area (Å²) in [6.45, 7) is 1.12. The van der Waals surface area contributed by atoms with Crippen LogP contribution in [0.5, 0.6) is 5.75 Å². The molecule has 0 bridgehead atoms. The summed E-state index contributed by atoms with van der Waals surface area (Å²) in [5, 5.41) is 0. The molecule has 2 heterocycles. The van der Waals surface area contributed by atoms with Gasteiger partial charge in [-0.2, -0.15) is 0 Å². The van der Waals surface area contributed by atoms with Gasteiger partial charge in [0.05, 0.1) is 12.7 Å². The van der Waals surface area contributed by atoms with Gasteiger partial charge in [-0.3, -0.25) is 4.79 Å². The quantitative estimate of drug-likeness (QED) is 0.791. The fraction of sp³-hybridized carbons (Fsp3) is 0.300. The van der Waals surface area contributed by atoms with Gasteiger partial charge in [-0.1, -0.05) is 18.2 Å². The number of fused-ring (bicyclic) bond motifs is 2. The fourth-order valence-electron chi connectivity index (χ4n) is 3.70. The summed E-state index contributed by atoms with van der Waals surface area (Å²) in [5.41, 5.74) is 1.67. The van der Waals surface area contributed by atoms with Gasteiger partial charge in [0.2, 0.25) is 0 Å². The highest BCUT2D eigenvalue weighted by Crippen LogP contribution is 2.44. The molecule has 2 aromatic rings. The van der Waals surface area contributed by atoms with E-state index < -0.39 is 5.60 Å². The summed E-state index contributed by atoms with van der Waals surface area (Å²) < 4.78 is 10.9. The molecule has 25 heavy (non-hydrogen) atoms. The lowest BCUT2D eigenvalue weighted by Gasteiger charge is -2.38. The van der Waals surface area contributed by atoms with Gasteiger partial charge in [0.15, 0.2) is 0 Å². The second-order valence-corrected chi connectivity index (χ2v) is 6.45. The number of amides is 1. The molecule has 0 saturated carbocycles. The number of likely N-dealkylation sites (tertiary alicyclic amines) is 1. The lowest BCUT2D eigenvalue weighted by atomic mass is 9.83. The van der Waals surface area contributed by atoms with Crippen molar-refractivity contribution in [2.75, 3.05) is 20.2 Å². The van der Waals surface area contributed by atoms with Crippen LogP contribution < -0.4 is 4.74 Å². The number of hydrogen-bond donors (Lipinski definition) is 0. The maximum absolute atomic E-state index is 12.7. The summed E-state index contributed by atoms with van der Waals surface area (Å²) >= 11 is 0. The van der Waals surface area contributed by atoms with Crippen molar-refractivity contribution in [3.63, 3.8) is 0 Å². The molecule has 128 valence electrons. The van der Waals surface area contributed by atoms with Crippen LogP contribution >= 0.6 is 0 Å². The molecule has 1 spiro atoms. The first-order valence-electron chi connectivity index (χ1n) is 8.39. The van der Waals surface area contributed by atoms with Crippen LogP contribution in [0.1, 0.15) is 39.1 Å². The molecule has 0 N–H and O–H groups in total. The molecule has 0 radical (unpaired) electrons. The lowest BCUT2D eigenvalue weighted by molar-refractivity contribution is -0.0389. The normalized spacial score (nSPS) is 18.0. The van der Waals surface area contributed by atoms with E-state index in [2.05, 4.69) is 0 Å². The number of hydrogen-bond acceptors (Lipinski definition) is 4. The molecule has 0 aliphatic carbocycles. The van der Waals surface area contributed by atoms with Crippen molar-refractivity contribution in [3.05, 3.63) is 65.2 Å². The Labute approximate surface area is 146 Å². The predicted octanol–water partition coefficient (Wildman–Crippen LogP) is 3.00. The number of carbonyl (C=O) groups is 2. The van der Waals surface area contributed by atoms with Gasteiger partial charge < -0.3 is 14.4 Å². The molecule has 0 aromatic heterocycles. The molecular formula is C20H19NO4. The number of esters is 1. The summed E-state index contributed by atoms with van der Waals surface area (Å²) in [5.74, 6) is 0.462. The van der Waals surface area contributed by atoms with Gasteiger partial charge in [-0.15, -0.1) is 0 Å². The van der Waals surface area contributed by atoms with E-state index in [4.69, 9.17) is 9.47 Å². The Balaban J connectivity index is 1.50. The van der Waals surface area contributed by atoms with Crippen molar-refractivity contribution < 1.29 is 19.1 Å². The number of rotatable bonds is 2. The van der Waals surface area contributed by atoms with Crippen LogP contribution in [-0.2, 0) is 10.3 Å². The van der Waals surface area contributed by atoms with Crippen LogP contribution in [0, 0.1) is 0 Å². The molecule has 0 atom stereocenters. The molecule has 5 nitrogen and oxygen atoms in total. The van der Waals surface area contributed by atoms with Gasteiger partial charge in [-0.05, 0) is 30.3 Å². The van der Waals surface area contributed by atoms with E-state index in [1.165, 1.54) is 0 Å². The van der Waals surface area contributed by atoms with Crippen molar-refractivity contribution >= 4 is 11.9 Å². The minimum Gasteiger partial charge on any atom is -0.497 e. The molecule has 1 saturated heterocycles. The molecule has 2 aliphatic heterocycles. The molecule has 1 amide bonds. The number of methoxy groups -OCH3 is 1. The van der Waals surface area contributed by atoms with Crippen LogP contribution in [0.15, 0.2) is 48.5 Å². The Morgan fingerprint density at radius 2 is 1.76 bits per heavy atom. The number of nitrogens with zero attached hydrogens (tertiary/aromatic N) is 1. The lowest BCUT2D eigenvalue weighted by Crippen LogP contribution is -2.45. The zero-order chi connectivity index (χ0) is 17.4. The van der Waals surface area contributed by atoms with Crippen molar-refractivity contribution in [2.45, 2.75) is 18.4 Å². The van der Waals surface area contributed by atoms with Crippen molar-refractivity contribution in [3.8, 4) is 5.75 Å². The van der Waals surface area contributed by atoms with Gasteiger partial charge in [0, 0.05) is 37.1 Å². The van der Waals surface area contributed by atoms with E-state index in [1.54, 1.807) is 37.4 Å². The number of piperidine rings is 1. The largest absolute Gasteiger partial charge is 0.497 e. The minimum atomic E-state index is -0.579. The average Bonchev–Trinajstić information content (AvgIpc) is 2.94. The van der Waals surface area contributed by atoms with E-state index in [9.17, 15) is 9.59 Å². The highest BCUT2D eigenvalue weighted by atomic mass is 16.6. The topological polar surface area (TPSA) is 55.8 Å². The smallest absolute Gasteiger partial charge is 0.339 e. The standard InChI is InChI=1S/C20H19NO4/c1-24-15-8-6-14(7-9-15)18(22)21-12-10-20(11-13-21)17-5-3-2-4-16(17)19(23)25-20/h2-9H,10-13H2,1H3. The van der Waals surface area contributed by atoms with E-state index in [1.807, 2.05) is 23.1 Å². The molecule has 1 fully saturated rings. The molecule has 2 aliphatic rings. The van der Waals surface area contributed by atoms with Gasteiger partial charge in [0.1, 0.15) is 11.4 Å². The average molecular weight is 337 g/mol. The third-order valence-corrected chi connectivity index (χ3v) is 5.12. The molecule has 5 heteroatoms. The molecular weight excluding hydrogens is 318 g/mol. The maximum Gasteiger partial charge on any atom is 0.339 e. The van der Waals surface area contributed by atoms with Crippen molar-refractivity contribution in [1.82, 2.24) is 4.90 Å². The zero-order valence-electron chi connectivity index (χ0n) is 14.0. The Hall–Kier alpha value is -2.82. The van der Waals surface area contributed by atoms with Crippen molar-refractivity contribution in [2.24, 2.45) is 0 Å². The van der Waals surface area contributed by atoms with Crippen LogP contribution in [0.25, 0.3) is 0 Å². The van der Waals surface area contributed by atoms with E-state index in [0.29, 0.717) is 37.1 Å². The third-order valence-electron chi connectivity index (χ3n) is 5.12. The summed E-state index contributed by atoms with van der Waals surface area (Å²) in [7, 11) is 1.60. The van der Waals surface area contributed by atoms with E-state index in [-0.39, 0.29) is 11.9 Å². The number of ether oxygens (including phenoxy) is 2. The fourth-order valence-corrected chi connectivity index (χ4v) is 3.70. The number of benzene rings is 2. The van der Waals surface area contributed by atoms with Crippen LogP contribution in [-0.4, -0.2) is 37.0 Å².